The van der Waals surface area contributed by atoms with Crippen molar-refractivity contribution in [1.82, 2.24) is 9.55 Å². The third kappa shape index (κ3) is 3.26. The number of pyridine rings is 1. The van der Waals surface area contributed by atoms with Crippen LogP contribution in [0.1, 0.15) is 27.5 Å². The number of nitrogens with zero attached hydrogens (tertiary/aromatic N) is 2. The number of fused-ring (bicyclic) bond motifs is 1. The molecule has 1 aliphatic heterocycles. The number of aryl methyl sites for hydroxylation is 1. The quantitative estimate of drug-likeness (QED) is 0.751. The van der Waals surface area contributed by atoms with Gasteiger partial charge in [-0.25, -0.2) is 4.98 Å². The van der Waals surface area contributed by atoms with Gasteiger partial charge in [-0.15, -0.1) is 11.3 Å². The van der Waals surface area contributed by atoms with Gasteiger partial charge in [-0.2, -0.15) is 0 Å². The summed E-state index contributed by atoms with van der Waals surface area (Å²) in [7, 11) is 1.47. The van der Waals surface area contributed by atoms with Gasteiger partial charge in [0, 0.05) is 34.9 Å². The number of methoxy groups -OCH3 is 1. The summed E-state index contributed by atoms with van der Waals surface area (Å²) < 4.78 is 6.98. The molecule has 2 aromatic heterocycles. The molecule has 0 radical (unpaired) electrons. The zero-order chi connectivity index (χ0) is 19.0. The average molecular weight is 381 g/mol. The van der Waals surface area contributed by atoms with Crippen LogP contribution < -0.4 is 15.6 Å². The second-order valence-electron chi connectivity index (χ2n) is 6.41. The maximum atomic E-state index is 13.0. The van der Waals surface area contributed by atoms with E-state index >= 15 is 0 Å². The van der Waals surface area contributed by atoms with Gasteiger partial charge in [0.25, 0.3) is 11.5 Å². The van der Waals surface area contributed by atoms with Crippen LogP contribution in [0.2, 0.25) is 0 Å². The van der Waals surface area contributed by atoms with Crippen molar-refractivity contribution in [3.8, 4) is 17.0 Å². The van der Waals surface area contributed by atoms with Crippen molar-refractivity contribution < 1.29 is 9.53 Å². The topological polar surface area (TPSA) is 73.2 Å². The Morgan fingerprint density at radius 1 is 1.33 bits per heavy atom. The van der Waals surface area contributed by atoms with Gasteiger partial charge in [0.05, 0.1) is 17.8 Å². The summed E-state index contributed by atoms with van der Waals surface area (Å²) >= 11 is 1.59. The number of amides is 1. The predicted octanol–water partition coefficient (Wildman–Crippen LogP) is 3.49. The second kappa shape index (κ2) is 7.00. The largest absolute Gasteiger partial charge is 0.496 e. The molecule has 0 aliphatic carbocycles. The normalized spacial score (nSPS) is 12.7. The molecule has 7 heteroatoms. The van der Waals surface area contributed by atoms with Gasteiger partial charge in [0.1, 0.15) is 11.3 Å². The van der Waals surface area contributed by atoms with E-state index in [2.05, 4.69) is 10.3 Å². The number of benzene rings is 1. The van der Waals surface area contributed by atoms with Crippen LogP contribution in [0.25, 0.3) is 11.3 Å². The molecule has 138 valence electrons. The lowest BCUT2D eigenvalue weighted by Crippen LogP contribution is -2.24. The molecule has 1 N–H and O–H groups in total. The smallest absolute Gasteiger partial charge is 0.261 e. The molecular weight excluding hydrogens is 362 g/mol. The van der Waals surface area contributed by atoms with E-state index in [1.165, 1.54) is 13.2 Å². The first-order valence-electron chi connectivity index (χ1n) is 8.71. The number of ether oxygens (including phenoxy) is 1. The van der Waals surface area contributed by atoms with Crippen molar-refractivity contribution in [2.75, 3.05) is 12.4 Å². The molecule has 0 fully saturated rings. The molecule has 6 nitrogen and oxygen atoms in total. The SMILES string of the molecule is COc1cc(=O)n2c(c1C(=O)Nc1cccc(-c3csc(C)n3)c1)CCC2. The van der Waals surface area contributed by atoms with Crippen molar-refractivity contribution >= 4 is 22.9 Å². The first-order chi connectivity index (χ1) is 13.1. The fourth-order valence-electron chi connectivity index (χ4n) is 3.43. The highest BCUT2D eigenvalue weighted by Gasteiger charge is 2.25. The zero-order valence-electron chi connectivity index (χ0n) is 15.1. The standard InChI is InChI=1S/C20H19N3O3S/c1-12-21-15(11-27-12)13-5-3-6-14(9-13)22-20(25)19-16-7-4-8-23(16)18(24)10-17(19)26-2/h3,5-6,9-11H,4,7-8H2,1-2H3,(H,22,25). The van der Waals surface area contributed by atoms with E-state index in [0.29, 0.717) is 30.0 Å². The van der Waals surface area contributed by atoms with Crippen molar-refractivity contribution in [3.63, 3.8) is 0 Å². The number of anilines is 1. The Balaban J connectivity index is 1.68. The Kier molecular flexibility index (Phi) is 4.53. The number of hydrogen-bond donors (Lipinski definition) is 1. The minimum Gasteiger partial charge on any atom is -0.496 e. The predicted molar refractivity (Wildman–Crippen MR) is 106 cm³/mol. The molecule has 0 atom stereocenters. The van der Waals surface area contributed by atoms with E-state index in [1.807, 2.05) is 36.6 Å². The summed E-state index contributed by atoms with van der Waals surface area (Å²) in [6.45, 7) is 2.60. The minimum atomic E-state index is -0.274. The van der Waals surface area contributed by atoms with Crippen LogP contribution in [0.5, 0.6) is 5.75 Å². The molecule has 0 saturated heterocycles. The minimum absolute atomic E-state index is 0.128. The van der Waals surface area contributed by atoms with Gasteiger partial charge in [0.2, 0.25) is 0 Å². The highest BCUT2D eigenvalue weighted by atomic mass is 32.1. The number of hydrogen-bond acceptors (Lipinski definition) is 5. The molecule has 3 aromatic rings. The van der Waals surface area contributed by atoms with Crippen LogP contribution in [0.3, 0.4) is 0 Å². The first-order valence-corrected chi connectivity index (χ1v) is 9.59. The van der Waals surface area contributed by atoms with Crippen molar-refractivity contribution in [1.29, 1.82) is 0 Å². The van der Waals surface area contributed by atoms with Gasteiger partial charge >= 0.3 is 0 Å². The van der Waals surface area contributed by atoms with E-state index in [-0.39, 0.29) is 11.5 Å². The van der Waals surface area contributed by atoms with Gasteiger partial charge in [0.15, 0.2) is 0 Å². The van der Waals surface area contributed by atoms with Crippen LogP contribution in [0.4, 0.5) is 5.69 Å². The number of carbonyl (C=O) groups excluding carboxylic acids is 1. The maximum absolute atomic E-state index is 13.0. The highest BCUT2D eigenvalue weighted by Crippen LogP contribution is 2.28. The molecule has 0 spiro atoms. The van der Waals surface area contributed by atoms with E-state index < -0.39 is 0 Å². The van der Waals surface area contributed by atoms with Crippen LogP contribution in [0.15, 0.2) is 40.5 Å². The summed E-state index contributed by atoms with van der Waals surface area (Å²) in [5.41, 5.74) is 3.55. The Morgan fingerprint density at radius 2 is 2.19 bits per heavy atom. The Morgan fingerprint density at radius 3 is 2.93 bits per heavy atom. The van der Waals surface area contributed by atoms with Crippen molar-refractivity contribution in [2.45, 2.75) is 26.3 Å². The Hall–Kier alpha value is -2.93. The first kappa shape index (κ1) is 17.5. The summed E-state index contributed by atoms with van der Waals surface area (Å²) in [6, 6.07) is 8.97. The maximum Gasteiger partial charge on any atom is 0.261 e. The molecule has 0 saturated carbocycles. The van der Waals surface area contributed by atoms with Gasteiger partial charge in [-0.1, -0.05) is 12.1 Å². The molecule has 0 unspecified atom stereocenters. The number of nitrogens with one attached hydrogen (secondary N) is 1. The second-order valence-corrected chi connectivity index (χ2v) is 7.48. The molecule has 3 heterocycles. The number of aromatic nitrogens is 2. The average Bonchev–Trinajstić information content (AvgIpc) is 3.31. The van der Waals surface area contributed by atoms with E-state index in [9.17, 15) is 9.59 Å². The molecule has 0 bridgehead atoms. The van der Waals surface area contributed by atoms with E-state index in [0.717, 1.165) is 28.4 Å². The van der Waals surface area contributed by atoms with Gasteiger partial charge in [-0.3, -0.25) is 9.59 Å². The molecule has 1 aromatic carbocycles. The van der Waals surface area contributed by atoms with E-state index in [1.54, 1.807) is 15.9 Å². The summed E-state index contributed by atoms with van der Waals surface area (Å²) in [5, 5.41) is 5.93. The lowest BCUT2D eigenvalue weighted by Gasteiger charge is -2.14. The molecule has 1 aliphatic rings. The number of thiazole rings is 1. The number of rotatable bonds is 4. The fraction of sp³-hybridized carbons (Fsp3) is 0.250. The number of carbonyl (C=O) groups is 1. The molecule has 4 rings (SSSR count). The Bertz CT molecular complexity index is 1080. The van der Waals surface area contributed by atoms with Crippen molar-refractivity contribution in [2.24, 2.45) is 0 Å². The monoisotopic (exact) mass is 381 g/mol. The third-order valence-corrected chi connectivity index (χ3v) is 5.43. The molecule has 27 heavy (non-hydrogen) atoms. The molecule has 1 amide bonds. The van der Waals surface area contributed by atoms with E-state index in [4.69, 9.17) is 4.74 Å². The van der Waals surface area contributed by atoms with Crippen LogP contribution in [-0.4, -0.2) is 22.6 Å². The van der Waals surface area contributed by atoms with Crippen molar-refractivity contribution in [3.05, 3.63) is 62.3 Å². The summed E-state index contributed by atoms with van der Waals surface area (Å²) in [5.74, 6) is 0.0426. The van der Waals surface area contributed by atoms with Crippen LogP contribution in [-0.2, 0) is 13.0 Å². The zero-order valence-corrected chi connectivity index (χ0v) is 15.9. The van der Waals surface area contributed by atoms with Gasteiger partial charge < -0.3 is 14.6 Å². The van der Waals surface area contributed by atoms with Crippen LogP contribution >= 0.6 is 11.3 Å². The van der Waals surface area contributed by atoms with Gasteiger partial charge in [-0.05, 0) is 31.9 Å². The summed E-state index contributed by atoms with van der Waals surface area (Å²) in [4.78, 5) is 29.7. The highest BCUT2D eigenvalue weighted by molar-refractivity contribution is 7.09. The molecular formula is C20H19N3O3S. The lowest BCUT2D eigenvalue weighted by molar-refractivity contribution is 0.102. The van der Waals surface area contributed by atoms with Crippen LogP contribution in [0, 0.1) is 6.92 Å². The summed E-state index contributed by atoms with van der Waals surface area (Å²) in [6.07, 6.45) is 1.54. The third-order valence-electron chi connectivity index (χ3n) is 4.66. The Labute approximate surface area is 160 Å². The fourth-order valence-corrected chi connectivity index (χ4v) is 4.05. The lowest BCUT2D eigenvalue weighted by atomic mass is 10.1.